The van der Waals surface area contributed by atoms with E-state index in [-0.39, 0.29) is 17.8 Å². The van der Waals surface area contributed by atoms with Gasteiger partial charge in [-0.25, -0.2) is 8.78 Å². The Bertz CT molecular complexity index is 942. The van der Waals surface area contributed by atoms with Gasteiger partial charge in [0.2, 0.25) is 0 Å². The predicted octanol–water partition coefficient (Wildman–Crippen LogP) is 5.38. The van der Waals surface area contributed by atoms with Crippen LogP contribution in [0.15, 0.2) is 72.8 Å². The molecule has 3 aromatic rings. The maximum Gasteiger partial charge on any atom is 0.123 e. The Morgan fingerprint density at radius 3 is 1.70 bits per heavy atom. The van der Waals surface area contributed by atoms with E-state index in [9.17, 15) is 8.78 Å². The molecule has 5 heteroatoms. The van der Waals surface area contributed by atoms with E-state index in [4.69, 9.17) is 4.74 Å². The van der Waals surface area contributed by atoms with Crippen molar-refractivity contribution in [3.63, 3.8) is 0 Å². The molecule has 3 aromatic carbocycles. The van der Waals surface area contributed by atoms with Gasteiger partial charge in [-0.05, 0) is 60.0 Å². The van der Waals surface area contributed by atoms with E-state index in [2.05, 4.69) is 21.9 Å². The van der Waals surface area contributed by atoms with Crippen molar-refractivity contribution in [3.8, 4) is 5.75 Å². The lowest BCUT2D eigenvalue weighted by Crippen LogP contribution is -2.30. The van der Waals surface area contributed by atoms with Crippen LogP contribution in [0, 0.1) is 11.6 Å². The Balaban J connectivity index is 1.55. The van der Waals surface area contributed by atoms with Crippen molar-refractivity contribution in [2.45, 2.75) is 26.2 Å². The van der Waals surface area contributed by atoms with E-state index in [1.165, 1.54) is 29.8 Å². The second-order valence-electron chi connectivity index (χ2n) is 7.57. The standard InChI is InChI=1S/C25H26F2N2O/c1-2-30-24-13-5-20(6-14-24)18-29-16-15-28(17-19-3-9-22(26)10-4-19)25(29)21-7-11-23(27)12-8-21/h3-14,25H,2,15-18H2,1H3/t25-/m1/s1. The first-order chi connectivity index (χ1) is 14.6. The van der Waals surface area contributed by atoms with Gasteiger partial charge in [0.15, 0.2) is 0 Å². The number of halogens is 2. The molecule has 0 spiro atoms. The smallest absolute Gasteiger partial charge is 0.123 e. The van der Waals surface area contributed by atoms with Crippen LogP contribution in [0.1, 0.15) is 29.8 Å². The van der Waals surface area contributed by atoms with Crippen molar-refractivity contribution in [2.24, 2.45) is 0 Å². The Morgan fingerprint density at radius 1 is 0.733 bits per heavy atom. The maximum absolute atomic E-state index is 13.5. The number of nitrogens with zero attached hydrogens (tertiary/aromatic N) is 2. The molecule has 4 rings (SSSR count). The lowest BCUT2D eigenvalue weighted by atomic mass is 10.1. The van der Waals surface area contributed by atoms with Gasteiger partial charge in [-0.3, -0.25) is 9.80 Å². The van der Waals surface area contributed by atoms with Gasteiger partial charge < -0.3 is 4.74 Å². The average molecular weight is 408 g/mol. The summed E-state index contributed by atoms with van der Waals surface area (Å²) in [5, 5.41) is 0. The Kier molecular flexibility index (Phi) is 6.41. The quantitative estimate of drug-likeness (QED) is 0.522. The highest BCUT2D eigenvalue weighted by molar-refractivity contribution is 5.28. The molecule has 30 heavy (non-hydrogen) atoms. The van der Waals surface area contributed by atoms with Crippen LogP contribution in [-0.2, 0) is 13.1 Å². The zero-order valence-corrected chi connectivity index (χ0v) is 17.1. The molecule has 3 nitrogen and oxygen atoms in total. The third kappa shape index (κ3) is 4.86. The highest BCUT2D eigenvalue weighted by Crippen LogP contribution is 2.33. The summed E-state index contributed by atoms with van der Waals surface area (Å²) in [6.45, 7) is 5.90. The predicted molar refractivity (Wildman–Crippen MR) is 114 cm³/mol. The summed E-state index contributed by atoms with van der Waals surface area (Å²) in [6.07, 6.45) is 0.0298. The zero-order valence-electron chi connectivity index (χ0n) is 17.1. The van der Waals surface area contributed by atoms with Crippen LogP contribution < -0.4 is 4.74 Å². The molecule has 0 saturated carbocycles. The third-order valence-electron chi connectivity index (χ3n) is 5.45. The molecule has 0 radical (unpaired) electrons. The minimum Gasteiger partial charge on any atom is -0.494 e. The lowest BCUT2D eigenvalue weighted by Gasteiger charge is -2.31. The van der Waals surface area contributed by atoms with Gasteiger partial charge in [0.25, 0.3) is 0 Å². The van der Waals surface area contributed by atoms with Crippen molar-refractivity contribution in [1.82, 2.24) is 9.80 Å². The molecule has 0 aromatic heterocycles. The van der Waals surface area contributed by atoms with Crippen LogP contribution in [-0.4, -0.2) is 29.5 Å². The van der Waals surface area contributed by atoms with Gasteiger partial charge in [0.05, 0.1) is 12.8 Å². The monoisotopic (exact) mass is 408 g/mol. The number of rotatable bonds is 7. The first kappa shape index (κ1) is 20.5. The van der Waals surface area contributed by atoms with Crippen molar-refractivity contribution >= 4 is 0 Å². The molecule has 0 bridgehead atoms. The van der Waals surface area contributed by atoms with E-state index in [1.54, 1.807) is 0 Å². The molecule has 1 heterocycles. The van der Waals surface area contributed by atoms with Crippen LogP contribution >= 0.6 is 0 Å². The molecule has 0 aliphatic carbocycles. The first-order valence-corrected chi connectivity index (χ1v) is 10.3. The summed E-state index contributed by atoms with van der Waals surface area (Å²) in [6, 6.07) is 21.6. The van der Waals surface area contributed by atoms with Crippen molar-refractivity contribution in [1.29, 1.82) is 0 Å². The normalized spacial score (nSPS) is 17.4. The van der Waals surface area contributed by atoms with E-state index in [0.717, 1.165) is 36.5 Å². The summed E-state index contributed by atoms with van der Waals surface area (Å²) >= 11 is 0. The Morgan fingerprint density at radius 2 is 1.20 bits per heavy atom. The SMILES string of the molecule is CCOc1ccc(CN2CCN(Cc3ccc(F)cc3)[C@H]2c2ccc(F)cc2)cc1. The molecule has 0 N–H and O–H groups in total. The summed E-state index contributed by atoms with van der Waals surface area (Å²) < 4.78 is 32.4. The fourth-order valence-electron chi connectivity index (χ4n) is 4.04. The van der Waals surface area contributed by atoms with Crippen molar-refractivity contribution in [2.75, 3.05) is 19.7 Å². The van der Waals surface area contributed by atoms with Gasteiger partial charge in [-0.1, -0.05) is 36.4 Å². The molecule has 1 atom stereocenters. The molecule has 1 fully saturated rings. The van der Waals surface area contributed by atoms with Gasteiger partial charge in [-0.15, -0.1) is 0 Å². The van der Waals surface area contributed by atoms with E-state index >= 15 is 0 Å². The Labute approximate surface area is 176 Å². The maximum atomic E-state index is 13.5. The van der Waals surface area contributed by atoms with Gasteiger partial charge in [0, 0.05) is 26.2 Å². The summed E-state index contributed by atoms with van der Waals surface area (Å²) in [4.78, 5) is 4.75. The van der Waals surface area contributed by atoms with Crippen LogP contribution in [0.4, 0.5) is 8.78 Å². The Hall–Kier alpha value is -2.76. The number of benzene rings is 3. The van der Waals surface area contributed by atoms with Gasteiger partial charge >= 0.3 is 0 Å². The van der Waals surface area contributed by atoms with Gasteiger partial charge in [0.1, 0.15) is 17.4 Å². The number of hydrogen-bond acceptors (Lipinski definition) is 3. The molecule has 0 unspecified atom stereocenters. The van der Waals surface area contributed by atoms with Crippen molar-refractivity contribution in [3.05, 3.63) is 101 Å². The highest BCUT2D eigenvalue weighted by Gasteiger charge is 2.33. The lowest BCUT2D eigenvalue weighted by molar-refractivity contribution is 0.125. The molecular weight excluding hydrogens is 382 g/mol. The number of ether oxygens (including phenoxy) is 1. The van der Waals surface area contributed by atoms with E-state index in [1.807, 2.05) is 43.3 Å². The molecule has 0 amide bonds. The fourth-order valence-corrected chi connectivity index (χ4v) is 4.04. The molecule has 156 valence electrons. The van der Waals surface area contributed by atoms with E-state index < -0.39 is 0 Å². The third-order valence-corrected chi connectivity index (χ3v) is 5.45. The van der Waals surface area contributed by atoms with Crippen LogP contribution in [0.2, 0.25) is 0 Å². The van der Waals surface area contributed by atoms with E-state index in [0.29, 0.717) is 13.2 Å². The summed E-state index contributed by atoms with van der Waals surface area (Å²) in [5.74, 6) is 0.406. The molecule has 1 aliphatic rings. The minimum absolute atomic E-state index is 0.0298. The van der Waals surface area contributed by atoms with Crippen LogP contribution in [0.5, 0.6) is 5.75 Å². The summed E-state index contributed by atoms with van der Waals surface area (Å²) in [5.41, 5.74) is 3.32. The molecule has 1 saturated heterocycles. The van der Waals surface area contributed by atoms with Crippen LogP contribution in [0.25, 0.3) is 0 Å². The van der Waals surface area contributed by atoms with Gasteiger partial charge in [-0.2, -0.15) is 0 Å². The second-order valence-corrected chi connectivity index (χ2v) is 7.57. The molecular formula is C25H26F2N2O. The average Bonchev–Trinajstić information content (AvgIpc) is 3.14. The highest BCUT2D eigenvalue weighted by atomic mass is 19.1. The zero-order chi connectivity index (χ0) is 20.9. The van der Waals surface area contributed by atoms with Crippen LogP contribution in [0.3, 0.4) is 0 Å². The topological polar surface area (TPSA) is 15.7 Å². The fraction of sp³-hybridized carbons (Fsp3) is 0.280. The first-order valence-electron chi connectivity index (χ1n) is 10.3. The number of hydrogen-bond donors (Lipinski definition) is 0. The van der Waals surface area contributed by atoms with Crippen molar-refractivity contribution < 1.29 is 13.5 Å². The minimum atomic E-state index is -0.236. The summed E-state index contributed by atoms with van der Waals surface area (Å²) in [7, 11) is 0. The largest absolute Gasteiger partial charge is 0.494 e. The molecule has 1 aliphatic heterocycles. The second kappa shape index (κ2) is 9.37.